The molecule has 1 aromatic carbocycles. The lowest BCUT2D eigenvalue weighted by molar-refractivity contribution is -0.118. The first-order valence-corrected chi connectivity index (χ1v) is 9.36. The van der Waals surface area contributed by atoms with E-state index in [9.17, 15) is 4.79 Å². The molecule has 7 nitrogen and oxygen atoms in total. The number of aromatic nitrogens is 2. The molecule has 0 aliphatic heterocycles. The molecule has 1 amide bonds. The predicted octanol–water partition coefficient (Wildman–Crippen LogP) is 2.65. The molecule has 1 saturated carbocycles. The molecule has 2 aromatic rings. The van der Waals surface area contributed by atoms with Gasteiger partial charge in [-0.1, -0.05) is 11.8 Å². The second-order valence-corrected chi connectivity index (χ2v) is 6.89. The number of methoxy groups -OCH3 is 3. The summed E-state index contributed by atoms with van der Waals surface area (Å²) >= 11 is 1.46. The van der Waals surface area contributed by atoms with Gasteiger partial charge in [0, 0.05) is 25.0 Å². The standard InChI is InChI=1S/C18H23N3O4S/c1-23-14-8-12(9-15(24-2)17(14)25-3)10-20-16(22)11-26-18-19-6-7-21(18)13-4-5-13/h6-9,13H,4-5,10-11H2,1-3H3,(H,20,22). The van der Waals surface area contributed by atoms with E-state index in [1.807, 2.05) is 18.3 Å². The first-order valence-electron chi connectivity index (χ1n) is 8.37. The lowest BCUT2D eigenvalue weighted by atomic mass is 10.2. The van der Waals surface area contributed by atoms with Crippen LogP contribution in [0.5, 0.6) is 17.2 Å². The van der Waals surface area contributed by atoms with E-state index in [1.54, 1.807) is 27.5 Å². The predicted molar refractivity (Wildman–Crippen MR) is 99.2 cm³/mol. The topological polar surface area (TPSA) is 74.6 Å². The van der Waals surface area contributed by atoms with Gasteiger partial charge in [-0.15, -0.1) is 0 Å². The fraction of sp³-hybridized carbons (Fsp3) is 0.444. The van der Waals surface area contributed by atoms with Gasteiger partial charge in [-0.2, -0.15) is 0 Å². The molecule has 3 rings (SSSR count). The van der Waals surface area contributed by atoms with Crippen LogP contribution in [0.3, 0.4) is 0 Å². The Bertz CT molecular complexity index is 749. The number of carbonyl (C=O) groups is 1. The molecule has 0 spiro atoms. The number of nitrogens with zero attached hydrogens (tertiary/aromatic N) is 2. The Balaban J connectivity index is 1.56. The van der Waals surface area contributed by atoms with Crippen molar-refractivity contribution in [3.05, 3.63) is 30.1 Å². The van der Waals surface area contributed by atoms with Crippen molar-refractivity contribution in [3.63, 3.8) is 0 Å². The number of ether oxygens (including phenoxy) is 3. The molecule has 8 heteroatoms. The number of thioether (sulfide) groups is 1. The van der Waals surface area contributed by atoms with Gasteiger partial charge >= 0.3 is 0 Å². The summed E-state index contributed by atoms with van der Waals surface area (Å²) in [6.45, 7) is 0.382. The summed E-state index contributed by atoms with van der Waals surface area (Å²) in [6.07, 6.45) is 6.15. The number of imidazole rings is 1. The van der Waals surface area contributed by atoms with Crippen molar-refractivity contribution in [3.8, 4) is 17.2 Å². The van der Waals surface area contributed by atoms with Gasteiger partial charge in [0.25, 0.3) is 0 Å². The van der Waals surface area contributed by atoms with Crippen molar-refractivity contribution >= 4 is 17.7 Å². The van der Waals surface area contributed by atoms with E-state index < -0.39 is 0 Å². The molecule has 0 atom stereocenters. The zero-order valence-electron chi connectivity index (χ0n) is 15.2. The lowest BCUT2D eigenvalue weighted by Gasteiger charge is -2.14. The number of benzene rings is 1. The van der Waals surface area contributed by atoms with Gasteiger partial charge in [0.1, 0.15) is 0 Å². The monoisotopic (exact) mass is 377 g/mol. The minimum Gasteiger partial charge on any atom is -0.493 e. The molecule has 1 heterocycles. The highest BCUT2D eigenvalue weighted by Gasteiger charge is 2.25. The van der Waals surface area contributed by atoms with Gasteiger partial charge < -0.3 is 24.1 Å². The van der Waals surface area contributed by atoms with Crippen molar-refractivity contribution in [1.82, 2.24) is 14.9 Å². The first kappa shape index (κ1) is 18.4. The highest BCUT2D eigenvalue weighted by atomic mass is 32.2. The van der Waals surface area contributed by atoms with E-state index in [2.05, 4.69) is 14.9 Å². The number of carbonyl (C=O) groups excluding carboxylic acids is 1. The highest BCUT2D eigenvalue weighted by Crippen LogP contribution is 2.38. The molecule has 1 aliphatic rings. The van der Waals surface area contributed by atoms with Crippen molar-refractivity contribution in [2.45, 2.75) is 30.6 Å². The summed E-state index contributed by atoms with van der Waals surface area (Å²) in [4.78, 5) is 16.5. The van der Waals surface area contributed by atoms with Gasteiger partial charge in [0.2, 0.25) is 11.7 Å². The van der Waals surface area contributed by atoms with Crippen molar-refractivity contribution in [2.24, 2.45) is 0 Å². The fourth-order valence-electron chi connectivity index (χ4n) is 2.66. The first-order chi connectivity index (χ1) is 12.7. The maximum Gasteiger partial charge on any atom is 0.230 e. The Morgan fingerprint density at radius 3 is 2.50 bits per heavy atom. The van der Waals surface area contributed by atoms with E-state index >= 15 is 0 Å². The normalized spacial score (nSPS) is 13.3. The van der Waals surface area contributed by atoms with Gasteiger partial charge in [0.15, 0.2) is 16.7 Å². The Morgan fingerprint density at radius 2 is 1.92 bits per heavy atom. The molecule has 0 radical (unpaired) electrons. The lowest BCUT2D eigenvalue weighted by Crippen LogP contribution is -2.24. The number of hydrogen-bond donors (Lipinski definition) is 1. The van der Waals surface area contributed by atoms with Crippen LogP contribution < -0.4 is 19.5 Å². The van der Waals surface area contributed by atoms with E-state index in [-0.39, 0.29) is 5.91 Å². The van der Waals surface area contributed by atoms with Crippen LogP contribution in [-0.4, -0.2) is 42.5 Å². The number of hydrogen-bond acceptors (Lipinski definition) is 6. The van der Waals surface area contributed by atoms with Gasteiger partial charge in [0.05, 0.1) is 27.1 Å². The second-order valence-electron chi connectivity index (χ2n) is 5.95. The van der Waals surface area contributed by atoms with Crippen LogP contribution >= 0.6 is 11.8 Å². The molecular formula is C18H23N3O4S. The van der Waals surface area contributed by atoms with Crippen LogP contribution in [0.1, 0.15) is 24.4 Å². The Kier molecular flexibility index (Phi) is 5.92. The summed E-state index contributed by atoms with van der Waals surface area (Å²) in [5.41, 5.74) is 0.873. The smallest absolute Gasteiger partial charge is 0.230 e. The van der Waals surface area contributed by atoms with Crippen LogP contribution in [0.25, 0.3) is 0 Å². The zero-order valence-corrected chi connectivity index (χ0v) is 16.0. The number of amides is 1. The Hall–Kier alpha value is -2.35. The van der Waals surface area contributed by atoms with Gasteiger partial charge in [-0.25, -0.2) is 4.98 Å². The molecule has 0 saturated heterocycles. The van der Waals surface area contributed by atoms with Crippen LogP contribution in [0.4, 0.5) is 0 Å². The van der Waals surface area contributed by atoms with Crippen molar-refractivity contribution in [2.75, 3.05) is 27.1 Å². The SMILES string of the molecule is COc1cc(CNC(=O)CSc2nccn2C2CC2)cc(OC)c1OC. The third kappa shape index (κ3) is 4.24. The summed E-state index contributed by atoms with van der Waals surface area (Å²) in [5, 5.41) is 3.82. The van der Waals surface area contributed by atoms with E-state index in [1.165, 1.54) is 24.6 Å². The highest BCUT2D eigenvalue weighted by molar-refractivity contribution is 7.99. The summed E-state index contributed by atoms with van der Waals surface area (Å²) in [5.74, 6) is 1.95. The molecule has 1 N–H and O–H groups in total. The summed E-state index contributed by atoms with van der Waals surface area (Å²) in [6, 6.07) is 4.21. The number of rotatable bonds is 9. The largest absolute Gasteiger partial charge is 0.493 e. The molecular weight excluding hydrogens is 354 g/mol. The Labute approximate surface area is 157 Å². The molecule has 1 aromatic heterocycles. The molecule has 1 aliphatic carbocycles. The summed E-state index contributed by atoms with van der Waals surface area (Å²) in [7, 11) is 4.70. The number of nitrogens with one attached hydrogen (secondary N) is 1. The minimum atomic E-state index is -0.0471. The van der Waals surface area contributed by atoms with Gasteiger partial charge in [-0.05, 0) is 30.5 Å². The van der Waals surface area contributed by atoms with E-state index in [0.29, 0.717) is 35.6 Å². The van der Waals surface area contributed by atoms with E-state index in [0.717, 1.165) is 10.7 Å². The quantitative estimate of drug-likeness (QED) is 0.677. The maximum absolute atomic E-state index is 12.2. The molecule has 1 fully saturated rings. The van der Waals surface area contributed by atoms with Crippen LogP contribution in [0.2, 0.25) is 0 Å². The average molecular weight is 377 g/mol. The van der Waals surface area contributed by atoms with E-state index in [4.69, 9.17) is 14.2 Å². The average Bonchev–Trinajstić information content (AvgIpc) is 3.41. The fourth-order valence-corrected chi connectivity index (χ4v) is 3.52. The van der Waals surface area contributed by atoms with Crippen LogP contribution in [-0.2, 0) is 11.3 Å². The maximum atomic E-state index is 12.2. The van der Waals surface area contributed by atoms with Crippen LogP contribution in [0.15, 0.2) is 29.7 Å². The third-order valence-corrected chi connectivity index (χ3v) is 5.10. The molecule has 140 valence electrons. The molecule has 0 bridgehead atoms. The summed E-state index contributed by atoms with van der Waals surface area (Å²) < 4.78 is 18.1. The third-order valence-electron chi connectivity index (χ3n) is 4.12. The molecule has 26 heavy (non-hydrogen) atoms. The zero-order chi connectivity index (χ0) is 18.5. The van der Waals surface area contributed by atoms with Crippen LogP contribution in [0, 0.1) is 0 Å². The second kappa shape index (κ2) is 8.35. The minimum absolute atomic E-state index is 0.0471. The van der Waals surface area contributed by atoms with Crippen molar-refractivity contribution < 1.29 is 19.0 Å². The Morgan fingerprint density at radius 1 is 1.23 bits per heavy atom. The van der Waals surface area contributed by atoms with Gasteiger partial charge in [-0.3, -0.25) is 4.79 Å². The molecule has 0 unspecified atom stereocenters. The van der Waals surface area contributed by atoms with Crippen molar-refractivity contribution in [1.29, 1.82) is 0 Å².